The average molecular weight is 385 g/mol. The number of amides is 2. The molecule has 1 aromatic heterocycles. The lowest BCUT2D eigenvalue weighted by Crippen LogP contribution is -2.50. The van der Waals surface area contributed by atoms with E-state index in [0.717, 1.165) is 11.9 Å². The second-order valence-corrected chi connectivity index (χ2v) is 9.02. The lowest BCUT2D eigenvalue weighted by molar-refractivity contribution is -0.00837. The van der Waals surface area contributed by atoms with E-state index in [-0.39, 0.29) is 18.7 Å². The summed E-state index contributed by atoms with van der Waals surface area (Å²) in [5.41, 5.74) is 1.02. The second-order valence-electron chi connectivity index (χ2n) is 7.18. The molecule has 1 saturated carbocycles. The quantitative estimate of drug-likeness (QED) is 0.758. The van der Waals surface area contributed by atoms with Gasteiger partial charge in [0.25, 0.3) is 0 Å². The third-order valence-corrected chi connectivity index (χ3v) is 5.54. The van der Waals surface area contributed by atoms with Crippen molar-refractivity contribution in [2.24, 2.45) is 5.92 Å². The van der Waals surface area contributed by atoms with Crippen molar-refractivity contribution in [1.82, 2.24) is 19.4 Å². The van der Waals surface area contributed by atoms with E-state index in [0.29, 0.717) is 37.5 Å². The Morgan fingerprint density at radius 1 is 1.46 bits per heavy atom. The fourth-order valence-corrected chi connectivity index (χ4v) is 3.69. The normalized spacial score (nSPS) is 22.3. The summed E-state index contributed by atoms with van der Waals surface area (Å²) in [7, 11) is -3.28. The van der Waals surface area contributed by atoms with Gasteiger partial charge in [-0.25, -0.2) is 17.9 Å². The predicted octanol–water partition coefficient (Wildman–Crippen LogP) is 0.944. The molecule has 9 nitrogen and oxygen atoms in total. The number of rotatable bonds is 6. The van der Waals surface area contributed by atoms with Crippen LogP contribution in [0.2, 0.25) is 0 Å². The minimum atomic E-state index is -3.28. The predicted molar refractivity (Wildman–Crippen MR) is 97.6 cm³/mol. The Hall–Kier alpha value is -1.65. The molecule has 1 aliphatic heterocycles. The molecule has 2 atom stereocenters. The number of carbonyl (C=O) groups is 1. The molecule has 0 spiro atoms. The Morgan fingerprint density at radius 3 is 2.85 bits per heavy atom. The van der Waals surface area contributed by atoms with Crippen LogP contribution in [0.4, 0.5) is 10.6 Å². The Kier molecular flexibility index (Phi) is 5.54. The van der Waals surface area contributed by atoms with Crippen molar-refractivity contribution >= 4 is 21.9 Å². The minimum Gasteiger partial charge on any atom is -0.373 e. The van der Waals surface area contributed by atoms with Crippen LogP contribution in [0, 0.1) is 12.8 Å². The van der Waals surface area contributed by atoms with Crippen molar-refractivity contribution in [2.45, 2.75) is 38.8 Å². The van der Waals surface area contributed by atoms with Crippen LogP contribution >= 0.6 is 0 Å². The number of carbonyl (C=O) groups excluding carboxylic acids is 1. The van der Waals surface area contributed by atoms with Crippen molar-refractivity contribution in [3.8, 4) is 0 Å². The number of sulfonamides is 1. The van der Waals surface area contributed by atoms with Gasteiger partial charge in [-0.1, -0.05) is 0 Å². The van der Waals surface area contributed by atoms with Crippen molar-refractivity contribution in [1.29, 1.82) is 0 Å². The van der Waals surface area contributed by atoms with Crippen LogP contribution in [0.15, 0.2) is 6.07 Å². The van der Waals surface area contributed by atoms with Gasteiger partial charge in [0.15, 0.2) is 5.82 Å². The Morgan fingerprint density at radius 2 is 2.19 bits per heavy atom. The summed E-state index contributed by atoms with van der Waals surface area (Å²) in [5.74, 6) is 1.22. The number of ether oxygens (including phenoxy) is 1. The number of aryl methyl sites for hydroxylation is 1. The first kappa shape index (κ1) is 19.1. The van der Waals surface area contributed by atoms with Crippen LogP contribution in [-0.4, -0.2) is 67.7 Å². The molecule has 0 radical (unpaired) electrons. The Labute approximate surface area is 154 Å². The van der Waals surface area contributed by atoms with Crippen LogP contribution < -0.4 is 10.0 Å². The van der Waals surface area contributed by atoms with Crippen LogP contribution in [0.1, 0.15) is 31.5 Å². The molecule has 2 fully saturated rings. The zero-order chi connectivity index (χ0) is 18.9. The summed E-state index contributed by atoms with van der Waals surface area (Å²) in [5, 5.41) is 7.37. The fraction of sp³-hybridized carbons (Fsp3) is 0.750. The van der Waals surface area contributed by atoms with E-state index in [9.17, 15) is 13.2 Å². The monoisotopic (exact) mass is 385 g/mol. The largest absolute Gasteiger partial charge is 0.373 e. The molecule has 2 aliphatic rings. The standard InChI is InChI=1S/C16H27N5O4S/c1-11-8-15(19-21(11)12(2)13-4-5-13)18-16(22)20-6-7-25-14(10-20)9-17-26(3,23)24/h8,12-14,17H,4-7,9-10H2,1-3H3,(H,18,19,22). The summed E-state index contributed by atoms with van der Waals surface area (Å²) in [6, 6.07) is 1.97. The number of aromatic nitrogens is 2. The maximum atomic E-state index is 12.5. The zero-order valence-corrected chi connectivity index (χ0v) is 16.3. The van der Waals surface area contributed by atoms with E-state index >= 15 is 0 Å². The van der Waals surface area contributed by atoms with E-state index in [1.165, 1.54) is 12.8 Å². The van der Waals surface area contributed by atoms with Crippen LogP contribution in [0.5, 0.6) is 0 Å². The SMILES string of the molecule is Cc1cc(NC(=O)N2CCOC(CNS(C)(=O)=O)C2)nn1C(C)C1CC1. The van der Waals surface area contributed by atoms with E-state index in [2.05, 4.69) is 22.1 Å². The van der Waals surface area contributed by atoms with Gasteiger partial charge in [-0.3, -0.25) is 10.00 Å². The third kappa shape index (κ3) is 4.95. The number of urea groups is 1. The highest BCUT2D eigenvalue weighted by Crippen LogP contribution is 2.39. The summed E-state index contributed by atoms with van der Waals surface area (Å²) in [6.45, 7) is 5.45. The highest BCUT2D eigenvalue weighted by Gasteiger charge is 2.31. The third-order valence-electron chi connectivity index (χ3n) is 4.85. The molecule has 2 amide bonds. The molecule has 2 N–H and O–H groups in total. The van der Waals surface area contributed by atoms with Crippen molar-refractivity contribution in [3.05, 3.63) is 11.8 Å². The van der Waals surface area contributed by atoms with Gasteiger partial charge in [-0.15, -0.1) is 0 Å². The smallest absolute Gasteiger partial charge is 0.323 e. The number of nitrogens with one attached hydrogen (secondary N) is 2. The molecule has 26 heavy (non-hydrogen) atoms. The van der Waals surface area contributed by atoms with Crippen molar-refractivity contribution in [2.75, 3.05) is 37.8 Å². The van der Waals surface area contributed by atoms with E-state index in [1.54, 1.807) is 4.90 Å². The number of nitrogens with zero attached hydrogens (tertiary/aromatic N) is 3. The summed E-state index contributed by atoms with van der Waals surface area (Å²) < 4.78 is 32.3. The zero-order valence-electron chi connectivity index (χ0n) is 15.4. The van der Waals surface area contributed by atoms with Gasteiger partial charge in [0, 0.05) is 31.4 Å². The number of hydrogen-bond acceptors (Lipinski definition) is 5. The van der Waals surface area contributed by atoms with Crippen LogP contribution in [0.3, 0.4) is 0 Å². The van der Waals surface area contributed by atoms with Gasteiger partial charge in [0.1, 0.15) is 0 Å². The highest BCUT2D eigenvalue weighted by molar-refractivity contribution is 7.88. The van der Waals surface area contributed by atoms with Gasteiger partial charge >= 0.3 is 6.03 Å². The number of morpholine rings is 1. The van der Waals surface area contributed by atoms with E-state index in [1.807, 2.05) is 17.7 Å². The molecule has 1 saturated heterocycles. The van der Waals surface area contributed by atoms with Gasteiger partial charge < -0.3 is 9.64 Å². The summed E-state index contributed by atoms with van der Waals surface area (Å²) >= 11 is 0. The van der Waals surface area contributed by atoms with Crippen molar-refractivity contribution in [3.63, 3.8) is 0 Å². The topological polar surface area (TPSA) is 106 Å². The molecule has 146 valence electrons. The first-order valence-electron chi connectivity index (χ1n) is 8.91. The van der Waals surface area contributed by atoms with Crippen molar-refractivity contribution < 1.29 is 17.9 Å². The van der Waals surface area contributed by atoms with Crippen LogP contribution in [-0.2, 0) is 14.8 Å². The fourth-order valence-electron chi connectivity index (χ4n) is 3.20. The van der Waals surface area contributed by atoms with Gasteiger partial charge in [-0.05, 0) is 32.6 Å². The van der Waals surface area contributed by atoms with E-state index in [4.69, 9.17) is 4.74 Å². The lowest BCUT2D eigenvalue weighted by Gasteiger charge is -2.32. The lowest BCUT2D eigenvalue weighted by atomic mass is 10.2. The molecule has 1 aromatic rings. The van der Waals surface area contributed by atoms with Gasteiger partial charge in [-0.2, -0.15) is 5.10 Å². The molecule has 3 rings (SSSR count). The van der Waals surface area contributed by atoms with E-state index < -0.39 is 10.0 Å². The van der Waals surface area contributed by atoms with Crippen LogP contribution in [0.25, 0.3) is 0 Å². The maximum absolute atomic E-state index is 12.5. The molecule has 0 bridgehead atoms. The van der Waals surface area contributed by atoms with Gasteiger partial charge in [0.05, 0.1) is 25.0 Å². The van der Waals surface area contributed by atoms with Gasteiger partial charge in [0.2, 0.25) is 10.0 Å². The summed E-state index contributed by atoms with van der Waals surface area (Å²) in [6.07, 6.45) is 3.21. The first-order chi connectivity index (χ1) is 12.2. The second kappa shape index (κ2) is 7.53. The molecule has 0 aromatic carbocycles. The molecule has 2 unspecified atom stereocenters. The molecule has 10 heteroatoms. The maximum Gasteiger partial charge on any atom is 0.323 e. The molecular weight excluding hydrogens is 358 g/mol. The molecule has 1 aliphatic carbocycles. The minimum absolute atomic E-state index is 0.148. The number of anilines is 1. The first-order valence-corrected chi connectivity index (χ1v) is 10.8. The average Bonchev–Trinajstić information content (AvgIpc) is 3.36. The summed E-state index contributed by atoms with van der Waals surface area (Å²) in [4.78, 5) is 14.1. The Bertz CT molecular complexity index is 759. The number of hydrogen-bond donors (Lipinski definition) is 2. The Balaban J connectivity index is 1.56. The molecule has 2 heterocycles. The highest BCUT2D eigenvalue weighted by atomic mass is 32.2. The molecular formula is C16H27N5O4S.